The molecular formula is C27H27N3O4. The third-order valence-electron chi connectivity index (χ3n) is 7.03. The van der Waals surface area contributed by atoms with Gasteiger partial charge in [-0.3, -0.25) is 10.1 Å². The van der Waals surface area contributed by atoms with Crippen molar-refractivity contribution in [2.75, 3.05) is 25.1 Å². The van der Waals surface area contributed by atoms with Crippen LogP contribution in [0.25, 0.3) is 5.57 Å². The predicted molar refractivity (Wildman–Crippen MR) is 130 cm³/mol. The molecule has 0 bridgehead atoms. The first kappa shape index (κ1) is 23.2. The molecule has 7 heteroatoms. The van der Waals surface area contributed by atoms with Crippen LogP contribution in [0.3, 0.4) is 0 Å². The maximum atomic E-state index is 11.8. The number of nitro groups is 1. The van der Waals surface area contributed by atoms with Crippen molar-refractivity contribution in [3.8, 4) is 6.07 Å². The van der Waals surface area contributed by atoms with Gasteiger partial charge in [0.1, 0.15) is 0 Å². The van der Waals surface area contributed by atoms with Crippen LogP contribution in [-0.2, 0) is 4.74 Å². The summed E-state index contributed by atoms with van der Waals surface area (Å²) < 4.78 is 4.81. The fourth-order valence-corrected chi connectivity index (χ4v) is 5.46. The SMILES string of the molecule is COC(=O)c1ccc(C2=CCC3(C)CN(c4cc(C#N)cc([N+](=O)[O-])c4)CC=C3C2(C)C)cc1. The molecule has 1 unspecified atom stereocenters. The summed E-state index contributed by atoms with van der Waals surface area (Å²) in [6, 6.07) is 14.1. The zero-order valence-corrected chi connectivity index (χ0v) is 19.8. The summed E-state index contributed by atoms with van der Waals surface area (Å²) in [7, 11) is 1.37. The van der Waals surface area contributed by atoms with Crippen molar-refractivity contribution in [2.45, 2.75) is 27.2 Å². The third-order valence-corrected chi connectivity index (χ3v) is 7.03. The van der Waals surface area contributed by atoms with Crippen molar-refractivity contribution in [3.05, 3.63) is 87.0 Å². The molecule has 0 saturated heterocycles. The van der Waals surface area contributed by atoms with Crippen LogP contribution in [-0.4, -0.2) is 31.1 Å². The maximum absolute atomic E-state index is 11.8. The fourth-order valence-electron chi connectivity index (χ4n) is 5.46. The standard InChI is InChI=1S/C27H27N3O4/c1-26(2)23(19-5-7-20(8-6-19)25(31)34-4)9-11-27(3)17-29(12-10-24(26)27)21-13-18(16-28)14-22(15-21)30(32)33/h5-10,13-15H,11-12,17H2,1-4H3. The number of anilines is 1. The van der Waals surface area contributed by atoms with E-state index in [-0.39, 0.29) is 28.1 Å². The summed E-state index contributed by atoms with van der Waals surface area (Å²) in [5, 5.41) is 20.7. The van der Waals surface area contributed by atoms with E-state index >= 15 is 0 Å². The molecule has 0 N–H and O–H groups in total. The maximum Gasteiger partial charge on any atom is 0.337 e. The molecule has 7 nitrogen and oxygen atoms in total. The Morgan fingerprint density at radius 3 is 2.47 bits per heavy atom. The Hall–Kier alpha value is -3.92. The number of nitro benzene ring substituents is 1. The van der Waals surface area contributed by atoms with Crippen LogP contribution in [0.5, 0.6) is 0 Å². The normalized spacial score (nSPS) is 21.0. The Balaban J connectivity index is 1.66. The fraction of sp³-hybridized carbons (Fsp3) is 0.333. The second-order valence-corrected chi connectivity index (χ2v) is 9.68. The highest BCUT2D eigenvalue weighted by atomic mass is 16.6. The number of esters is 1. The number of carbonyl (C=O) groups excluding carboxylic acids is 1. The van der Waals surface area contributed by atoms with Crippen LogP contribution < -0.4 is 4.90 Å². The molecule has 0 spiro atoms. The summed E-state index contributed by atoms with van der Waals surface area (Å²) in [5.74, 6) is -0.355. The van der Waals surface area contributed by atoms with Crippen molar-refractivity contribution in [3.63, 3.8) is 0 Å². The molecule has 174 valence electrons. The smallest absolute Gasteiger partial charge is 0.337 e. The number of nitriles is 1. The summed E-state index contributed by atoms with van der Waals surface area (Å²) in [5.41, 5.74) is 4.64. The Bertz CT molecular complexity index is 1270. The van der Waals surface area contributed by atoms with Gasteiger partial charge in [-0.2, -0.15) is 5.26 Å². The minimum Gasteiger partial charge on any atom is -0.465 e. The summed E-state index contributed by atoms with van der Waals surface area (Å²) in [4.78, 5) is 24.8. The number of non-ortho nitro benzene ring substituents is 1. The van der Waals surface area contributed by atoms with E-state index in [9.17, 15) is 20.2 Å². The van der Waals surface area contributed by atoms with E-state index in [1.165, 1.54) is 24.3 Å². The molecule has 0 amide bonds. The van der Waals surface area contributed by atoms with Crippen molar-refractivity contribution in [1.82, 2.24) is 0 Å². The largest absolute Gasteiger partial charge is 0.465 e. The third kappa shape index (κ3) is 3.96. The zero-order valence-electron chi connectivity index (χ0n) is 19.8. The van der Waals surface area contributed by atoms with Gasteiger partial charge in [0.15, 0.2) is 0 Å². The van der Waals surface area contributed by atoms with Gasteiger partial charge in [-0.15, -0.1) is 0 Å². The number of nitrogens with zero attached hydrogens (tertiary/aromatic N) is 3. The molecule has 2 aliphatic rings. The van der Waals surface area contributed by atoms with Crippen molar-refractivity contribution >= 4 is 22.9 Å². The first-order chi connectivity index (χ1) is 16.1. The highest BCUT2D eigenvalue weighted by Gasteiger charge is 2.45. The molecule has 0 saturated carbocycles. The Kier molecular flexibility index (Phi) is 5.78. The number of ether oxygens (including phenoxy) is 1. The molecule has 0 aromatic heterocycles. The van der Waals surface area contributed by atoms with Crippen LogP contribution in [0.15, 0.2) is 60.2 Å². The van der Waals surface area contributed by atoms with Crippen molar-refractivity contribution in [1.29, 1.82) is 5.26 Å². The van der Waals surface area contributed by atoms with Crippen LogP contribution in [0.4, 0.5) is 11.4 Å². The highest BCUT2D eigenvalue weighted by molar-refractivity contribution is 5.90. The molecular weight excluding hydrogens is 430 g/mol. The Morgan fingerprint density at radius 1 is 1.15 bits per heavy atom. The first-order valence-electron chi connectivity index (χ1n) is 11.1. The van der Waals surface area contributed by atoms with E-state index in [1.807, 2.05) is 18.2 Å². The quantitative estimate of drug-likeness (QED) is 0.260. The van der Waals surface area contributed by atoms with Gasteiger partial charge in [0, 0.05) is 41.7 Å². The molecule has 2 aromatic carbocycles. The van der Waals surface area contributed by atoms with Gasteiger partial charge in [0.2, 0.25) is 0 Å². The summed E-state index contributed by atoms with van der Waals surface area (Å²) in [6.45, 7) is 7.96. The van der Waals surface area contributed by atoms with E-state index in [0.717, 1.165) is 12.0 Å². The number of hydrogen-bond donors (Lipinski definition) is 0. The first-order valence-corrected chi connectivity index (χ1v) is 11.1. The number of allylic oxidation sites excluding steroid dienone is 2. The average molecular weight is 458 g/mol. The van der Waals surface area contributed by atoms with Gasteiger partial charge in [-0.25, -0.2) is 4.79 Å². The van der Waals surface area contributed by atoms with E-state index in [1.54, 1.807) is 24.3 Å². The van der Waals surface area contributed by atoms with Crippen LogP contribution in [0.1, 0.15) is 48.7 Å². The second kappa shape index (κ2) is 8.45. The average Bonchev–Trinajstić information content (AvgIpc) is 2.82. The minimum absolute atomic E-state index is 0.0736. The predicted octanol–water partition coefficient (Wildman–Crippen LogP) is 5.52. The summed E-state index contributed by atoms with van der Waals surface area (Å²) >= 11 is 0. The molecule has 4 rings (SSSR count). The van der Waals surface area contributed by atoms with Crippen molar-refractivity contribution in [2.24, 2.45) is 10.8 Å². The van der Waals surface area contributed by atoms with Gasteiger partial charge in [0.05, 0.1) is 29.2 Å². The number of fused-ring (bicyclic) bond motifs is 1. The van der Waals surface area contributed by atoms with Gasteiger partial charge < -0.3 is 9.64 Å². The molecule has 0 radical (unpaired) electrons. The minimum atomic E-state index is -0.457. The summed E-state index contributed by atoms with van der Waals surface area (Å²) in [6.07, 6.45) is 5.30. The number of benzene rings is 2. The van der Waals surface area contributed by atoms with E-state index < -0.39 is 4.92 Å². The lowest BCUT2D eigenvalue weighted by atomic mass is 9.58. The van der Waals surface area contributed by atoms with Crippen LogP contribution >= 0.6 is 0 Å². The zero-order chi connectivity index (χ0) is 24.7. The molecule has 1 atom stereocenters. The molecule has 1 aliphatic carbocycles. The second-order valence-electron chi connectivity index (χ2n) is 9.68. The lowest BCUT2D eigenvalue weighted by Crippen LogP contribution is -2.47. The number of carbonyl (C=O) groups is 1. The molecule has 0 fully saturated rings. The molecule has 34 heavy (non-hydrogen) atoms. The van der Waals surface area contributed by atoms with Crippen LogP contribution in [0.2, 0.25) is 0 Å². The van der Waals surface area contributed by atoms with E-state index in [2.05, 4.69) is 37.8 Å². The van der Waals surface area contributed by atoms with E-state index in [0.29, 0.717) is 24.3 Å². The molecule has 1 aliphatic heterocycles. The monoisotopic (exact) mass is 457 g/mol. The lowest BCUT2D eigenvalue weighted by Gasteiger charge is -2.51. The Labute approximate surface area is 199 Å². The number of methoxy groups -OCH3 is 1. The van der Waals surface area contributed by atoms with Crippen molar-refractivity contribution < 1.29 is 14.5 Å². The molecule has 1 heterocycles. The van der Waals surface area contributed by atoms with Gasteiger partial charge in [0.25, 0.3) is 5.69 Å². The lowest BCUT2D eigenvalue weighted by molar-refractivity contribution is -0.384. The van der Waals surface area contributed by atoms with Crippen LogP contribution in [0, 0.1) is 32.3 Å². The number of rotatable bonds is 4. The number of hydrogen-bond acceptors (Lipinski definition) is 6. The Morgan fingerprint density at radius 2 is 1.85 bits per heavy atom. The van der Waals surface area contributed by atoms with Gasteiger partial charge in [-0.05, 0) is 35.8 Å². The van der Waals surface area contributed by atoms with E-state index in [4.69, 9.17) is 4.74 Å². The van der Waals surface area contributed by atoms with Gasteiger partial charge in [-0.1, -0.05) is 50.6 Å². The highest BCUT2D eigenvalue weighted by Crippen LogP contribution is 2.55. The topological polar surface area (TPSA) is 96.5 Å². The van der Waals surface area contributed by atoms with Gasteiger partial charge >= 0.3 is 5.97 Å². The molecule has 2 aromatic rings.